The van der Waals surface area contributed by atoms with E-state index < -0.39 is 35.6 Å². The van der Waals surface area contributed by atoms with E-state index in [9.17, 15) is 28.2 Å². The molecular weight excluding hydrogens is 363 g/mol. The maximum atomic E-state index is 12.7. The molecule has 3 N–H and O–H groups in total. The van der Waals surface area contributed by atoms with Gasteiger partial charge in [0.1, 0.15) is 11.7 Å². The molecule has 0 aliphatic heterocycles. The minimum Gasteiger partial charge on any atom is -0.444 e. The fourth-order valence-electron chi connectivity index (χ4n) is 1.95. The van der Waals surface area contributed by atoms with Crippen LogP contribution in [0.1, 0.15) is 44.4 Å². The summed E-state index contributed by atoms with van der Waals surface area (Å²) in [6.45, 7) is 5.01. The molecule has 5 nitrogen and oxygen atoms in total. The lowest BCUT2D eigenvalue weighted by Gasteiger charge is -2.22. The number of alkyl carbamates (subject to hydrolysis) is 1. The van der Waals surface area contributed by atoms with Crippen molar-refractivity contribution in [3.8, 4) is 0 Å². The van der Waals surface area contributed by atoms with Crippen molar-refractivity contribution in [3.05, 3.63) is 34.3 Å². The average Bonchev–Trinajstić information content (AvgIpc) is 2.43. The predicted octanol–water partition coefficient (Wildman–Crippen LogP) is 3.67. The van der Waals surface area contributed by atoms with Crippen molar-refractivity contribution in [2.24, 2.45) is 0 Å². The first-order chi connectivity index (χ1) is 11.3. The Morgan fingerprint density at radius 1 is 1.28 bits per heavy atom. The molecule has 9 heteroatoms. The molecule has 0 heterocycles. The largest absolute Gasteiger partial charge is 0.444 e. The summed E-state index contributed by atoms with van der Waals surface area (Å²) in [4.78, 5) is 11.5. The fourth-order valence-corrected chi connectivity index (χ4v) is 2.18. The summed E-state index contributed by atoms with van der Waals surface area (Å²) in [5, 5.41) is 22.3. The Kier molecular flexibility index (Phi) is 7.10. The number of carbonyl (C=O) groups is 1. The van der Waals surface area contributed by atoms with Gasteiger partial charge in [-0.1, -0.05) is 11.6 Å². The van der Waals surface area contributed by atoms with E-state index in [0.29, 0.717) is 6.07 Å². The molecule has 0 bridgehead atoms. The van der Waals surface area contributed by atoms with Crippen molar-refractivity contribution in [1.29, 1.82) is 0 Å². The number of hydrogen-bond acceptors (Lipinski definition) is 4. The lowest BCUT2D eigenvalue weighted by Crippen LogP contribution is -2.34. The second kappa shape index (κ2) is 8.25. The predicted molar refractivity (Wildman–Crippen MR) is 86.3 cm³/mol. The highest BCUT2D eigenvalue weighted by atomic mass is 35.5. The number of alkyl halides is 3. The quantitative estimate of drug-likeness (QED) is 0.725. The van der Waals surface area contributed by atoms with Gasteiger partial charge in [-0.15, -0.1) is 0 Å². The topological polar surface area (TPSA) is 78.8 Å². The Morgan fingerprint density at radius 3 is 2.40 bits per heavy atom. The van der Waals surface area contributed by atoms with Crippen molar-refractivity contribution in [2.75, 3.05) is 6.54 Å². The molecule has 1 aromatic rings. The number of aliphatic hydroxyl groups excluding tert-OH is 2. The minimum absolute atomic E-state index is 0.0380. The van der Waals surface area contributed by atoms with E-state index >= 15 is 0 Å². The van der Waals surface area contributed by atoms with Gasteiger partial charge >= 0.3 is 12.3 Å². The average molecular weight is 384 g/mol. The van der Waals surface area contributed by atoms with E-state index in [-0.39, 0.29) is 23.6 Å². The van der Waals surface area contributed by atoms with Crippen LogP contribution in [0.2, 0.25) is 5.02 Å². The molecule has 1 aromatic carbocycles. The molecule has 1 amide bonds. The molecule has 0 radical (unpaired) electrons. The maximum Gasteiger partial charge on any atom is 0.416 e. The van der Waals surface area contributed by atoms with E-state index in [4.69, 9.17) is 16.3 Å². The van der Waals surface area contributed by atoms with Gasteiger partial charge < -0.3 is 20.3 Å². The number of benzene rings is 1. The van der Waals surface area contributed by atoms with E-state index in [2.05, 4.69) is 5.32 Å². The summed E-state index contributed by atoms with van der Waals surface area (Å²) in [7, 11) is 0. The number of ether oxygens (including phenoxy) is 1. The monoisotopic (exact) mass is 383 g/mol. The Hall–Kier alpha value is -1.51. The third-order valence-electron chi connectivity index (χ3n) is 3.11. The summed E-state index contributed by atoms with van der Waals surface area (Å²) in [5.74, 6) is 0. The molecule has 0 saturated carbocycles. The first-order valence-electron chi connectivity index (χ1n) is 7.51. The van der Waals surface area contributed by atoms with Crippen LogP contribution in [-0.2, 0) is 10.9 Å². The van der Waals surface area contributed by atoms with Crippen molar-refractivity contribution >= 4 is 17.7 Å². The van der Waals surface area contributed by atoms with E-state index in [1.807, 2.05) is 0 Å². The van der Waals surface area contributed by atoms with Gasteiger partial charge in [0.05, 0.1) is 11.7 Å². The Labute approximate surface area is 148 Å². The van der Waals surface area contributed by atoms with Gasteiger partial charge in [-0.25, -0.2) is 4.79 Å². The molecule has 142 valence electrons. The zero-order valence-corrected chi connectivity index (χ0v) is 14.8. The highest BCUT2D eigenvalue weighted by Crippen LogP contribution is 2.34. The van der Waals surface area contributed by atoms with Gasteiger partial charge in [0.25, 0.3) is 0 Å². The number of amides is 1. The van der Waals surface area contributed by atoms with Gasteiger partial charge in [-0.05, 0) is 45.4 Å². The SMILES string of the molecule is CC(C)(C)OC(=O)NCCC(O)C(O)c1cc(C(F)(F)F)ccc1Cl. The summed E-state index contributed by atoms with van der Waals surface area (Å²) in [6, 6.07) is 2.49. The van der Waals surface area contributed by atoms with E-state index in [1.165, 1.54) is 0 Å². The molecule has 2 atom stereocenters. The molecule has 0 spiro atoms. The Morgan fingerprint density at radius 2 is 1.88 bits per heavy atom. The number of halogens is 4. The summed E-state index contributed by atoms with van der Waals surface area (Å²) < 4.78 is 43.2. The van der Waals surface area contributed by atoms with Crippen LogP contribution < -0.4 is 5.32 Å². The number of rotatable bonds is 5. The summed E-state index contributed by atoms with van der Waals surface area (Å²) >= 11 is 5.81. The van der Waals surface area contributed by atoms with Gasteiger partial charge in [-0.3, -0.25) is 0 Å². The van der Waals surface area contributed by atoms with Crippen LogP contribution >= 0.6 is 11.6 Å². The van der Waals surface area contributed by atoms with Crippen LogP contribution in [0, 0.1) is 0 Å². The molecule has 0 aromatic heterocycles. The lowest BCUT2D eigenvalue weighted by atomic mass is 10.00. The number of nitrogens with one attached hydrogen (secondary N) is 1. The van der Waals surface area contributed by atoms with Gasteiger partial charge in [-0.2, -0.15) is 13.2 Å². The first-order valence-corrected chi connectivity index (χ1v) is 7.88. The fraction of sp³-hybridized carbons (Fsp3) is 0.562. The molecular formula is C16H21ClF3NO4. The van der Waals surface area contributed by atoms with Crippen LogP contribution in [-0.4, -0.2) is 34.6 Å². The van der Waals surface area contributed by atoms with E-state index in [0.717, 1.165) is 12.1 Å². The molecule has 1 rings (SSSR count). The summed E-state index contributed by atoms with van der Waals surface area (Å²) in [6.07, 6.45) is -8.45. The smallest absolute Gasteiger partial charge is 0.416 e. The molecule has 0 saturated heterocycles. The van der Waals surface area contributed by atoms with Gasteiger partial charge in [0, 0.05) is 17.1 Å². The first kappa shape index (κ1) is 21.5. The van der Waals surface area contributed by atoms with Gasteiger partial charge in [0.15, 0.2) is 0 Å². The normalized spacial score (nSPS) is 14.8. The standard InChI is InChI=1S/C16H21ClF3NO4/c1-15(2,3)25-14(24)21-7-6-12(22)13(23)10-8-9(16(18,19)20)4-5-11(10)17/h4-5,8,12-13,22-23H,6-7H2,1-3H3,(H,21,24). The van der Waals surface area contributed by atoms with Crippen LogP contribution in [0.25, 0.3) is 0 Å². The van der Waals surface area contributed by atoms with Crippen LogP contribution in [0.5, 0.6) is 0 Å². The van der Waals surface area contributed by atoms with Crippen molar-refractivity contribution < 1.29 is 32.9 Å². The van der Waals surface area contributed by atoms with Crippen molar-refractivity contribution in [1.82, 2.24) is 5.32 Å². The Balaban J connectivity index is 2.68. The highest BCUT2D eigenvalue weighted by Gasteiger charge is 2.32. The molecule has 0 fully saturated rings. The van der Waals surface area contributed by atoms with Crippen molar-refractivity contribution in [3.63, 3.8) is 0 Å². The van der Waals surface area contributed by atoms with E-state index in [1.54, 1.807) is 20.8 Å². The van der Waals surface area contributed by atoms with Crippen LogP contribution in [0.15, 0.2) is 18.2 Å². The molecule has 0 aliphatic rings. The highest BCUT2D eigenvalue weighted by molar-refractivity contribution is 6.31. The second-order valence-corrected chi connectivity index (χ2v) is 6.87. The minimum atomic E-state index is -4.59. The molecule has 0 aliphatic carbocycles. The Bertz CT molecular complexity index is 602. The number of hydrogen-bond donors (Lipinski definition) is 3. The third-order valence-corrected chi connectivity index (χ3v) is 3.46. The molecule has 25 heavy (non-hydrogen) atoms. The number of carbonyl (C=O) groups excluding carboxylic acids is 1. The zero-order valence-electron chi connectivity index (χ0n) is 14.0. The van der Waals surface area contributed by atoms with Crippen LogP contribution in [0.4, 0.5) is 18.0 Å². The lowest BCUT2D eigenvalue weighted by molar-refractivity contribution is -0.137. The summed E-state index contributed by atoms with van der Waals surface area (Å²) in [5.41, 5.74) is -1.90. The second-order valence-electron chi connectivity index (χ2n) is 6.46. The van der Waals surface area contributed by atoms with Gasteiger partial charge in [0.2, 0.25) is 0 Å². The van der Waals surface area contributed by atoms with Crippen LogP contribution in [0.3, 0.4) is 0 Å². The number of aliphatic hydroxyl groups is 2. The van der Waals surface area contributed by atoms with Crippen molar-refractivity contribution in [2.45, 2.75) is 51.2 Å². The molecule has 2 unspecified atom stereocenters. The zero-order chi connectivity index (χ0) is 19.4. The third kappa shape index (κ3) is 7.09. The maximum absolute atomic E-state index is 12.7.